The van der Waals surface area contributed by atoms with Gasteiger partial charge >= 0.3 is 5.97 Å². The van der Waals surface area contributed by atoms with Gasteiger partial charge in [0.05, 0.1) is 17.0 Å². The molecule has 4 aromatic rings. The van der Waals surface area contributed by atoms with Gasteiger partial charge in [-0.15, -0.1) is 0 Å². The zero-order chi connectivity index (χ0) is 29.4. The van der Waals surface area contributed by atoms with Gasteiger partial charge in [0, 0.05) is 35.4 Å². The Kier molecular flexibility index (Phi) is 9.88. The molecule has 9 nitrogen and oxygen atoms in total. The molecule has 1 aromatic heterocycles. The quantitative estimate of drug-likeness (QED) is 0.0737. The number of furan rings is 1. The largest absolute Gasteiger partial charge is 0.457 e. The molecule has 0 aliphatic heterocycles. The van der Waals surface area contributed by atoms with Gasteiger partial charge in [0.25, 0.3) is 11.8 Å². The van der Waals surface area contributed by atoms with Gasteiger partial charge in [0.2, 0.25) is 5.76 Å². The zero-order valence-corrected chi connectivity index (χ0v) is 25.1. The van der Waals surface area contributed by atoms with Crippen molar-refractivity contribution < 1.29 is 23.5 Å². The number of hydrazone groups is 1. The molecule has 0 aliphatic rings. The maximum absolute atomic E-state index is 13.2. The molecule has 4 rings (SSSR count). The van der Waals surface area contributed by atoms with Gasteiger partial charge in [-0.05, 0) is 76.1 Å². The maximum atomic E-state index is 13.2. The van der Waals surface area contributed by atoms with Crippen molar-refractivity contribution in [2.45, 2.75) is 0 Å². The van der Waals surface area contributed by atoms with E-state index in [0.29, 0.717) is 25.6 Å². The van der Waals surface area contributed by atoms with Crippen molar-refractivity contribution in [2.75, 3.05) is 19.0 Å². The zero-order valence-electron chi connectivity index (χ0n) is 21.9. The van der Waals surface area contributed by atoms with Crippen molar-refractivity contribution in [3.05, 3.63) is 122 Å². The van der Waals surface area contributed by atoms with E-state index in [1.54, 1.807) is 54.6 Å². The Morgan fingerprint density at radius 2 is 1.68 bits per heavy atom. The number of hydrogen-bond donors (Lipinski definition) is 2. The molecule has 0 saturated carbocycles. The van der Waals surface area contributed by atoms with E-state index in [2.05, 4.69) is 47.7 Å². The number of carbonyl (C=O) groups is 3. The van der Waals surface area contributed by atoms with Crippen LogP contribution in [0.1, 0.15) is 32.0 Å². The van der Waals surface area contributed by atoms with Crippen LogP contribution in [0.5, 0.6) is 5.75 Å². The second-order valence-electron chi connectivity index (χ2n) is 8.74. The molecule has 208 valence electrons. The Balaban J connectivity index is 1.57. The number of halogens is 2. The van der Waals surface area contributed by atoms with Crippen molar-refractivity contribution in [2.24, 2.45) is 5.10 Å². The summed E-state index contributed by atoms with van der Waals surface area (Å²) in [6, 6.07) is 22.4. The predicted octanol–water partition coefficient (Wildman–Crippen LogP) is 6.01. The molecule has 11 heteroatoms. The van der Waals surface area contributed by atoms with E-state index in [9.17, 15) is 14.4 Å². The topological polar surface area (TPSA) is 113 Å². The summed E-state index contributed by atoms with van der Waals surface area (Å²) in [4.78, 5) is 40.5. The number of carbonyl (C=O) groups excluding carboxylic acids is 3. The Labute approximate surface area is 253 Å². The summed E-state index contributed by atoms with van der Waals surface area (Å²) < 4.78 is 11.8. The number of benzene rings is 3. The fourth-order valence-corrected chi connectivity index (χ4v) is 4.86. The first-order chi connectivity index (χ1) is 19.7. The highest BCUT2D eigenvalue weighted by Crippen LogP contribution is 2.32. The molecule has 2 amide bonds. The maximum Gasteiger partial charge on any atom is 0.379 e. The summed E-state index contributed by atoms with van der Waals surface area (Å²) in [5, 5.41) is 6.72. The third-order valence-electron chi connectivity index (χ3n) is 5.57. The molecule has 0 saturated heterocycles. The number of hydrogen-bond acceptors (Lipinski definition) is 7. The molecular weight excluding hydrogens is 656 g/mol. The summed E-state index contributed by atoms with van der Waals surface area (Å²) >= 11 is 6.79. The van der Waals surface area contributed by atoms with Crippen LogP contribution in [0.4, 0.5) is 5.69 Å². The second-order valence-corrected chi connectivity index (χ2v) is 10.5. The highest BCUT2D eigenvalue weighted by Gasteiger charge is 2.18. The Bertz CT molecular complexity index is 1600. The number of esters is 1. The van der Waals surface area contributed by atoms with Crippen LogP contribution in [-0.2, 0) is 4.79 Å². The van der Waals surface area contributed by atoms with E-state index in [4.69, 9.17) is 9.15 Å². The standard InChI is InChI=1S/C30H24Br2N4O5/c1-36(2)23-12-10-19(11-13-23)15-25(34-28(37)20-7-4-3-5-8-20)29(38)35-33-18-21-16-22(31)17-24(32)27(21)41-30(39)26-9-6-14-40-26/h3-18H,1-2H3,(H,34,37)(H,35,38). The minimum Gasteiger partial charge on any atom is -0.457 e. The van der Waals surface area contributed by atoms with Crippen molar-refractivity contribution in [1.82, 2.24) is 10.7 Å². The number of nitrogens with zero attached hydrogens (tertiary/aromatic N) is 2. The third kappa shape index (κ3) is 8.03. The van der Waals surface area contributed by atoms with Crippen molar-refractivity contribution in [3.8, 4) is 5.75 Å². The van der Waals surface area contributed by atoms with Crippen LogP contribution in [0.2, 0.25) is 0 Å². The molecular formula is C30H24Br2N4O5. The first-order valence-corrected chi connectivity index (χ1v) is 13.7. The summed E-state index contributed by atoms with van der Waals surface area (Å²) in [6.45, 7) is 0. The molecule has 0 radical (unpaired) electrons. The second kappa shape index (κ2) is 13.7. The average molecular weight is 680 g/mol. The van der Waals surface area contributed by atoms with E-state index >= 15 is 0 Å². The minimum absolute atomic E-state index is 0.0199. The Morgan fingerprint density at radius 3 is 2.34 bits per heavy atom. The number of ether oxygens (including phenoxy) is 1. The van der Waals surface area contributed by atoms with Gasteiger partial charge in [-0.25, -0.2) is 10.2 Å². The van der Waals surface area contributed by atoms with Crippen LogP contribution in [0, 0.1) is 0 Å². The minimum atomic E-state index is -0.703. The Hall–Kier alpha value is -4.48. The highest BCUT2D eigenvalue weighted by molar-refractivity contribution is 9.11. The number of anilines is 1. The van der Waals surface area contributed by atoms with E-state index in [1.165, 1.54) is 18.5 Å². The number of rotatable bonds is 9. The molecule has 0 fully saturated rings. The summed E-state index contributed by atoms with van der Waals surface area (Å²) in [7, 11) is 3.85. The number of amides is 2. The molecule has 2 N–H and O–H groups in total. The summed E-state index contributed by atoms with van der Waals surface area (Å²) in [5.74, 6) is -1.62. The van der Waals surface area contributed by atoms with Crippen molar-refractivity contribution >= 4 is 67.6 Å². The van der Waals surface area contributed by atoms with Gasteiger partial charge in [-0.3, -0.25) is 9.59 Å². The fraction of sp³-hybridized carbons (Fsp3) is 0.0667. The first kappa shape index (κ1) is 29.5. The van der Waals surface area contributed by atoms with Crippen LogP contribution in [0.25, 0.3) is 6.08 Å². The van der Waals surface area contributed by atoms with Gasteiger partial charge in [-0.1, -0.05) is 46.3 Å². The molecule has 0 aliphatic carbocycles. The summed E-state index contributed by atoms with van der Waals surface area (Å²) in [5.41, 5.74) is 4.86. The molecule has 3 aromatic carbocycles. The molecule has 0 atom stereocenters. The molecule has 0 spiro atoms. The van der Waals surface area contributed by atoms with E-state index in [1.807, 2.05) is 43.3 Å². The van der Waals surface area contributed by atoms with Crippen LogP contribution in [-0.4, -0.2) is 38.1 Å². The highest BCUT2D eigenvalue weighted by atomic mass is 79.9. The van der Waals surface area contributed by atoms with E-state index in [-0.39, 0.29) is 17.2 Å². The summed E-state index contributed by atoms with van der Waals surface area (Å²) in [6.07, 6.45) is 4.24. The smallest absolute Gasteiger partial charge is 0.379 e. The SMILES string of the molecule is CN(C)c1ccc(C=C(NC(=O)c2ccccc2)C(=O)NN=Cc2cc(Br)cc(Br)c2OC(=O)c2ccco2)cc1. The Morgan fingerprint density at radius 1 is 0.951 bits per heavy atom. The van der Waals surface area contributed by atoms with Crippen LogP contribution in [0.15, 0.2) is 109 Å². The molecule has 41 heavy (non-hydrogen) atoms. The van der Waals surface area contributed by atoms with Crippen LogP contribution in [0.3, 0.4) is 0 Å². The van der Waals surface area contributed by atoms with Gasteiger partial charge in [-0.2, -0.15) is 5.10 Å². The lowest BCUT2D eigenvalue weighted by molar-refractivity contribution is -0.117. The third-order valence-corrected chi connectivity index (χ3v) is 6.62. The molecule has 1 heterocycles. The van der Waals surface area contributed by atoms with Gasteiger partial charge in [0.1, 0.15) is 5.70 Å². The fourth-order valence-electron chi connectivity index (χ4n) is 3.52. The lowest BCUT2D eigenvalue weighted by Gasteiger charge is -2.13. The van der Waals surface area contributed by atoms with Gasteiger partial charge < -0.3 is 19.4 Å². The lowest BCUT2D eigenvalue weighted by Crippen LogP contribution is -2.32. The molecule has 0 bridgehead atoms. The normalized spacial score (nSPS) is 11.3. The van der Waals surface area contributed by atoms with Crippen LogP contribution >= 0.6 is 31.9 Å². The van der Waals surface area contributed by atoms with E-state index < -0.39 is 17.8 Å². The monoisotopic (exact) mass is 678 g/mol. The van der Waals surface area contributed by atoms with E-state index in [0.717, 1.165) is 5.69 Å². The first-order valence-electron chi connectivity index (χ1n) is 12.1. The van der Waals surface area contributed by atoms with Crippen molar-refractivity contribution in [1.29, 1.82) is 0 Å². The lowest BCUT2D eigenvalue weighted by atomic mass is 10.1. The predicted molar refractivity (Wildman–Crippen MR) is 164 cm³/mol. The average Bonchev–Trinajstić information content (AvgIpc) is 3.50. The van der Waals surface area contributed by atoms with Gasteiger partial charge in [0.15, 0.2) is 5.75 Å². The molecule has 0 unspecified atom stereocenters. The van der Waals surface area contributed by atoms with Crippen molar-refractivity contribution in [3.63, 3.8) is 0 Å². The number of nitrogens with one attached hydrogen (secondary N) is 2. The van der Waals surface area contributed by atoms with Crippen LogP contribution < -0.4 is 20.4 Å².